The summed E-state index contributed by atoms with van der Waals surface area (Å²) < 4.78 is 5.14. The van der Waals surface area contributed by atoms with E-state index >= 15 is 0 Å². The van der Waals surface area contributed by atoms with Gasteiger partial charge in [0, 0.05) is 38.8 Å². The molecule has 3 nitrogen and oxygen atoms in total. The molecule has 0 amide bonds. The van der Waals surface area contributed by atoms with E-state index in [0.29, 0.717) is 6.04 Å². The van der Waals surface area contributed by atoms with Crippen LogP contribution in [0.25, 0.3) is 0 Å². The predicted octanol–water partition coefficient (Wildman–Crippen LogP) is 1.49. The Hall–Kier alpha value is -0.120. The van der Waals surface area contributed by atoms with Gasteiger partial charge in [-0.1, -0.05) is 6.92 Å². The molecule has 0 spiro atoms. The molecule has 3 heteroatoms. The van der Waals surface area contributed by atoms with Crippen LogP contribution >= 0.6 is 0 Å². The standard InChI is InChI=1S/C12H26N2O/c1-4-11(2)13-7-8-14(9-10-15-3)12-5-6-12/h11-13H,4-10H2,1-3H3. The normalized spacial score (nSPS) is 18.4. The molecule has 1 N–H and O–H groups in total. The van der Waals surface area contributed by atoms with Crippen LogP contribution in [0.15, 0.2) is 0 Å². The summed E-state index contributed by atoms with van der Waals surface area (Å²) in [4.78, 5) is 2.55. The average molecular weight is 214 g/mol. The molecule has 0 radical (unpaired) electrons. The molecule has 0 aromatic carbocycles. The molecule has 90 valence electrons. The molecule has 1 fully saturated rings. The molecule has 15 heavy (non-hydrogen) atoms. The number of hydrogen-bond acceptors (Lipinski definition) is 3. The molecule has 0 aliphatic heterocycles. The van der Waals surface area contributed by atoms with Crippen LogP contribution < -0.4 is 5.32 Å². The van der Waals surface area contributed by atoms with Crippen molar-refractivity contribution in [2.45, 2.75) is 45.2 Å². The smallest absolute Gasteiger partial charge is 0.0589 e. The van der Waals surface area contributed by atoms with Crippen LogP contribution in [-0.4, -0.2) is 50.3 Å². The van der Waals surface area contributed by atoms with Gasteiger partial charge in [0.05, 0.1) is 6.61 Å². The van der Waals surface area contributed by atoms with Gasteiger partial charge in [0.15, 0.2) is 0 Å². The lowest BCUT2D eigenvalue weighted by Crippen LogP contribution is -2.38. The molecule has 1 unspecified atom stereocenters. The maximum Gasteiger partial charge on any atom is 0.0589 e. The fourth-order valence-electron chi connectivity index (χ4n) is 1.72. The maximum absolute atomic E-state index is 5.14. The number of nitrogens with zero attached hydrogens (tertiary/aromatic N) is 1. The summed E-state index contributed by atoms with van der Waals surface area (Å²) >= 11 is 0. The summed E-state index contributed by atoms with van der Waals surface area (Å²) in [5.41, 5.74) is 0. The second-order valence-corrected chi connectivity index (χ2v) is 4.52. The average Bonchev–Trinajstić information content (AvgIpc) is 3.06. The molecular formula is C12H26N2O. The highest BCUT2D eigenvalue weighted by Crippen LogP contribution is 2.25. The quantitative estimate of drug-likeness (QED) is 0.629. The van der Waals surface area contributed by atoms with Gasteiger partial charge in [-0.2, -0.15) is 0 Å². The van der Waals surface area contributed by atoms with Crippen LogP contribution in [0.2, 0.25) is 0 Å². The van der Waals surface area contributed by atoms with E-state index in [9.17, 15) is 0 Å². The Morgan fingerprint density at radius 2 is 2.13 bits per heavy atom. The van der Waals surface area contributed by atoms with Gasteiger partial charge in [0.1, 0.15) is 0 Å². The van der Waals surface area contributed by atoms with Crippen LogP contribution in [0, 0.1) is 0 Å². The second kappa shape index (κ2) is 7.20. The first kappa shape index (κ1) is 12.9. The third-order valence-corrected chi connectivity index (χ3v) is 3.15. The van der Waals surface area contributed by atoms with E-state index in [4.69, 9.17) is 4.74 Å². The highest BCUT2D eigenvalue weighted by atomic mass is 16.5. The summed E-state index contributed by atoms with van der Waals surface area (Å²) in [7, 11) is 1.78. The highest BCUT2D eigenvalue weighted by Gasteiger charge is 2.27. The first-order chi connectivity index (χ1) is 7.27. The second-order valence-electron chi connectivity index (χ2n) is 4.52. The van der Waals surface area contributed by atoms with Crippen molar-refractivity contribution in [1.82, 2.24) is 10.2 Å². The number of nitrogens with one attached hydrogen (secondary N) is 1. The first-order valence-electron chi connectivity index (χ1n) is 6.24. The fourth-order valence-corrected chi connectivity index (χ4v) is 1.72. The van der Waals surface area contributed by atoms with Crippen molar-refractivity contribution < 1.29 is 4.74 Å². The maximum atomic E-state index is 5.14. The predicted molar refractivity (Wildman–Crippen MR) is 64.2 cm³/mol. The van der Waals surface area contributed by atoms with Crippen molar-refractivity contribution in [3.63, 3.8) is 0 Å². The number of ether oxygens (including phenoxy) is 1. The highest BCUT2D eigenvalue weighted by molar-refractivity contribution is 4.84. The van der Waals surface area contributed by atoms with Crippen LogP contribution in [0.5, 0.6) is 0 Å². The van der Waals surface area contributed by atoms with Crippen molar-refractivity contribution in [3.8, 4) is 0 Å². The molecule has 1 atom stereocenters. The molecule has 0 saturated heterocycles. The van der Waals surface area contributed by atoms with E-state index < -0.39 is 0 Å². The Morgan fingerprint density at radius 3 is 2.67 bits per heavy atom. The molecule has 1 saturated carbocycles. The topological polar surface area (TPSA) is 24.5 Å². The van der Waals surface area contributed by atoms with E-state index in [0.717, 1.165) is 25.7 Å². The van der Waals surface area contributed by atoms with Gasteiger partial charge in [-0.15, -0.1) is 0 Å². The Morgan fingerprint density at radius 1 is 1.40 bits per heavy atom. The first-order valence-corrected chi connectivity index (χ1v) is 6.24. The van der Waals surface area contributed by atoms with Crippen molar-refractivity contribution in [3.05, 3.63) is 0 Å². The third-order valence-electron chi connectivity index (χ3n) is 3.15. The van der Waals surface area contributed by atoms with Crippen LogP contribution in [0.4, 0.5) is 0 Å². The number of hydrogen-bond donors (Lipinski definition) is 1. The van der Waals surface area contributed by atoms with Gasteiger partial charge >= 0.3 is 0 Å². The lowest BCUT2D eigenvalue weighted by molar-refractivity contribution is 0.143. The SMILES string of the molecule is CCC(C)NCCN(CCOC)C1CC1. The van der Waals surface area contributed by atoms with Gasteiger partial charge in [-0.05, 0) is 26.2 Å². The minimum atomic E-state index is 0.647. The summed E-state index contributed by atoms with van der Waals surface area (Å²) in [6.45, 7) is 8.69. The third kappa shape index (κ3) is 5.50. The van der Waals surface area contributed by atoms with E-state index in [1.165, 1.54) is 25.8 Å². The van der Waals surface area contributed by atoms with Gasteiger partial charge in [-0.25, -0.2) is 0 Å². The van der Waals surface area contributed by atoms with Gasteiger partial charge in [0.25, 0.3) is 0 Å². The minimum Gasteiger partial charge on any atom is -0.383 e. The lowest BCUT2D eigenvalue weighted by Gasteiger charge is -2.22. The monoisotopic (exact) mass is 214 g/mol. The zero-order valence-corrected chi connectivity index (χ0v) is 10.5. The zero-order valence-electron chi connectivity index (χ0n) is 10.5. The molecule has 0 bridgehead atoms. The summed E-state index contributed by atoms with van der Waals surface area (Å²) in [6, 6.07) is 1.49. The Bertz CT molecular complexity index is 160. The van der Waals surface area contributed by atoms with Gasteiger partial charge < -0.3 is 10.1 Å². The Labute approximate surface area is 94.2 Å². The van der Waals surface area contributed by atoms with Crippen molar-refractivity contribution in [1.29, 1.82) is 0 Å². The largest absolute Gasteiger partial charge is 0.383 e. The van der Waals surface area contributed by atoms with Crippen LogP contribution in [0.1, 0.15) is 33.1 Å². The minimum absolute atomic E-state index is 0.647. The summed E-state index contributed by atoms with van der Waals surface area (Å²) in [5.74, 6) is 0. The summed E-state index contributed by atoms with van der Waals surface area (Å²) in [5, 5.41) is 3.54. The summed E-state index contributed by atoms with van der Waals surface area (Å²) in [6.07, 6.45) is 3.97. The molecular weight excluding hydrogens is 188 g/mol. The lowest BCUT2D eigenvalue weighted by atomic mass is 10.2. The number of methoxy groups -OCH3 is 1. The Balaban J connectivity index is 2.08. The van der Waals surface area contributed by atoms with Crippen LogP contribution in [0.3, 0.4) is 0 Å². The van der Waals surface area contributed by atoms with E-state index in [-0.39, 0.29) is 0 Å². The van der Waals surface area contributed by atoms with Gasteiger partial charge in [0.2, 0.25) is 0 Å². The van der Waals surface area contributed by atoms with E-state index in [1.54, 1.807) is 7.11 Å². The molecule has 0 heterocycles. The van der Waals surface area contributed by atoms with E-state index in [2.05, 4.69) is 24.1 Å². The zero-order chi connectivity index (χ0) is 11.1. The Kier molecular flexibility index (Phi) is 6.22. The van der Waals surface area contributed by atoms with Crippen molar-refractivity contribution in [2.75, 3.05) is 33.4 Å². The molecule has 0 aromatic rings. The molecule has 1 aliphatic carbocycles. The fraction of sp³-hybridized carbons (Fsp3) is 1.00. The molecule has 1 aliphatic rings. The van der Waals surface area contributed by atoms with Crippen LogP contribution in [-0.2, 0) is 4.74 Å². The molecule has 0 aromatic heterocycles. The van der Waals surface area contributed by atoms with Crippen molar-refractivity contribution in [2.24, 2.45) is 0 Å². The van der Waals surface area contributed by atoms with Crippen molar-refractivity contribution >= 4 is 0 Å². The van der Waals surface area contributed by atoms with Gasteiger partial charge in [-0.3, -0.25) is 4.90 Å². The number of rotatable bonds is 9. The van der Waals surface area contributed by atoms with E-state index in [1.807, 2.05) is 0 Å². The molecule has 1 rings (SSSR count).